The molecule has 2 N–H and O–H groups in total. The van der Waals surface area contributed by atoms with Crippen molar-refractivity contribution >= 4 is 34.6 Å². The molecule has 152 valence electrons. The summed E-state index contributed by atoms with van der Waals surface area (Å²) >= 11 is 1.58. The summed E-state index contributed by atoms with van der Waals surface area (Å²) in [5.74, 6) is -0.272. The largest absolute Gasteiger partial charge is 0.548 e. The standard InChI is InChI=1S/C20H25NO6S/c1-4-28-10-9-15(19(24)25)21-17(23)8-6-14-11(2)13-5-7-16(22)12(3)18(13)27-20(14)26/h5,7,15,22H,4,6,8-10H2,1-3H3,(H,21,23)(H,24,25)/p-1/t15-/m1/s1. The maximum atomic E-state index is 12.3. The van der Waals surface area contributed by atoms with E-state index in [1.54, 1.807) is 31.7 Å². The van der Waals surface area contributed by atoms with Gasteiger partial charge in [-0.25, -0.2) is 4.79 Å². The van der Waals surface area contributed by atoms with Crippen molar-refractivity contribution in [3.05, 3.63) is 39.2 Å². The van der Waals surface area contributed by atoms with E-state index in [-0.39, 0.29) is 25.0 Å². The van der Waals surface area contributed by atoms with Gasteiger partial charge in [-0.1, -0.05) is 6.92 Å². The lowest BCUT2D eigenvalue weighted by atomic mass is 10.00. The number of carboxylic acids is 1. The number of aromatic hydroxyl groups is 1. The number of phenolic OH excluding ortho intramolecular Hbond substituents is 1. The molecule has 8 heteroatoms. The molecule has 2 rings (SSSR count). The van der Waals surface area contributed by atoms with Crippen LogP contribution in [-0.4, -0.2) is 34.5 Å². The normalized spacial score (nSPS) is 12.1. The molecule has 1 heterocycles. The van der Waals surface area contributed by atoms with Crippen LogP contribution >= 0.6 is 11.8 Å². The fourth-order valence-corrected chi connectivity index (χ4v) is 3.66. The molecule has 0 radical (unpaired) electrons. The summed E-state index contributed by atoms with van der Waals surface area (Å²) in [6.07, 6.45) is 0.366. The second-order valence-corrected chi connectivity index (χ2v) is 7.90. The van der Waals surface area contributed by atoms with Crippen LogP contribution in [0.15, 0.2) is 21.3 Å². The quantitative estimate of drug-likeness (QED) is 0.477. The molecule has 0 unspecified atom stereocenters. The number of fused-ring (bicyclic) bond motifs is 1. The maximum absolute atomic E-state index is 12.3. The molecule has 0 aliphatic carbocycles. The highest BCUT2D eigenvalue weighted by Gasteiger charge is 2.17. The Morgan fingerprint density at radius 3 is 2.64 bits per heavy atom. The molecular formula is C20H24NO6S-. The monoisotopic (exact) mass is 406 g/mol. The van der Waals surface area contributed by atoms with Gasteiger partial charge in [0.1, 0.15) is 11.3 Å². The third kappa shape index (κ3) is 5.07. The fraction of sp³-hybridized carbons (Fsp3) is 0.450. The molecule has 1 atom stereocenters. The van der Waals surface area contributed by atoms with Gasteiger partial charge in [0.2, 0.25) is 5.91 Å². The van der Waals surface area contributed by atoms with Crippen molar-refractivity contribution in [3.63, 3.8) is 0 Å². The molecular weight excluding hydrogens is 382 g/mol. The Kier molecular flexibility index (Phi) is 7.51. The fourth-order valence-electron chi connectivity index (χ4n) is 2.97. The van der Waals surface area contributed by atoms with E-state index in [0.717, 1.165) is 5.75 Å². The van der Waals surface area contributed by atoms with Crippen LogP contribution in [0.25, 0.3) is 11.0 Å². The van der Waals surface area contributed by atoms with Gasteiger partial charge in [0.15, 0.2) is 0 Å². The number of thioether (sulfide) groups is 1. The van der Waals surface area contributed by atoms with Crippen LogP contribution in [0.4, 0.5) is 0 Å². The predicted molar refractivity (Wildman–Crippen MR) is 106 cm³/mol. The average Bonchev–Trinajstić information content (AvgIpc) is 2.64. The molecule has 0 spiro atoms. The number of carboxylic acid groups (broad SMARTS) is 1. The number of aliphatic carboxylic acids is 1. The predicted octanol–water partition coefficient (Wildman–Crippen LogP) is 1.43. The van der Waals surface area contributed by atoms with Gasteiger partial charge >= 0.3 is 5.63 Å². The van der Waals surface area contributed by atoms with Gasteiger partial charge in [-0.2, -0.15) is 11.8 Å². The van der Waals surface area contributed by atoms with Crippen LogP contribution < -0.4 is 16.0 Å². The Hall–Kier alpha value is -2.48. The molecule has 28 heavy (non-hydrogen) atoms. The summed E-state index contributed by atoms with van der Waals surface area (Å²) < 4.78 is 5.35. The van der Waals surface area contributed by atoms with Crippen molar-refractivity contribution in [1.29, 1.82) is 0 Å². The van der Waals surface area contributed by atoms with Crippen molar-refractivity contribution in [2.75, 3.05) is 11.5 Å². The van der Waals surface area contributed by atoms with Crippen LogP contribution in [0.5, 0.6) is 5.75 Å². The number of nitrogens with one attached hydrogen (secondary N) is 1. The minimum Gasteiger partial charge on any atom is -0.548 e. The van der Waals surface area contributed by atoms with E-state index in [4.69, 9.17) is 4.42 Å². The van der Waals surface area contributed by atoms with Gasteiger partial charge in [0.25, 0.3) is 0 Å². The van der Waals surface area contributed by atoms with E-state index < -0.39 is 23.5 Å². The highest BCUT2D eigenvalue weighted by molar-refractivity contribution is 7.99. The molecule has 2 aromatic rings. The minimum absolute atomic E-state index is 0.0386. The van der Waals surface area contributed by atoms with Crippen LogP contribution in [0, 0.1) is 13.8 Å². The van der Waals surface area contributed by atoms with Gasteiger partial charge in [0, 0.05) is 22.9 Å². The smallest absolute Gasteiger partial charge is 0.339 e. The number of rotatable bonds is 9. The van der Waals surface area contributed by atoms with Gasteiger partial charge < -0.3 is 24.7 Å². The number of hydrogen-bond donors (Lipinski definition) is 2. The van der Waals surface area contributed by atoms with Crippen molar-refractivity contribution < 1.29 is 24.2 Å². The number of aryl methyl sites for hydroxylation is 2. The summed E-state index contributed by atoms with van der Waals surface area (Å²) in [6.45, 7) is 5.39. The number of hydrogen-bond acceptors (Lipinski definition) is 7. The van der Waals surface area contributed by atoms with Gasteiger partial charge in [-0.05, 0) is 55.9 Å². The summed E-state index contributed by atoms with van der Waals surface area (Å²) in [7, 11) is 0. The van der Waals surface area contributed by atoms with E-state index in [2.05, 4.69) is 5.32 Å². The molecule has 1 aromatic heterocycles. The SMILES string of the molecule is CCSCC[C@@H](NC(=O)CCc1c(C)c2ccc(O)c(C)c2oc1=O)C(=O)[O-]. The summed E-state index contributed by atoms with van der Waals surface area (Å²) in [5.41, 5.74) is 1.27. The molecule has 1 aromatic carbocycles. The molecule has 0 saturated heterocycles. The van der Waals surface area contributed by atoms with E-state index in [9.17, 15) is 24.6 Å². The zero-order valence-corrected chi connectivity index (χ0v) is 17.0. The van der Waals surface area contributed by atoms with E-state index in [1.807, 2.05) is 6.92 Å². The number of carbonyl (C=O) groups excluding carboxylic acids is 2. The molecule has 0 aliphatic heterocycles. The molecule has 0 bridgehead atoms. The van der Waals surface area contributed by atoms with E-state index in [1.165, 1.54) is 6.07 Å². The number of carbonyl (C=O) groups is 2. The van der Waals surface area contributed by atoms with Crippen molar-refractivity contribution in [3.8, 4) is 5.75 Å². The van der Waals surface area contributed by atoms with E-state index >= 15 is 0 Å². The summed E-state index contributed by atoms with van der Waals surface area (Å²) in [5, 5.41) is 24.1. The van der Waals surface area contributed by atoms with E-state index in [0.29, 0.717) is 33.4 Å². The Labute approximate surface area is 167 Å². The van der Waals surface area contributed by atoms with Gasteiger partial charge in [-0.3, -0.25) is 4.79 Å². The van der Waals surface area contributed by atoms with Crippen molar-refractivity contribution in [1.82, 2.24) is 5.32 Å². The lowest BCUT2D eigenvalue weighted by Gasteiger charge is -2.19. The van der Waals surface area contributed by atoms with Crippen molar-refractivity contribution in [2.24, 2.45) is 0 Å². The average molecular weight is 406 g/mol. The Morgan fingerprint density at radius 2 is 2.00 bits per heavy atom. The second-order valence-electron chi connectivity index (χ2n) is 6.50. The van der Waals surface area contributed by atoms with Crippen LogP contribution in [0.2, 0.25) is 0 Å². The molecule has 1 amide bonds. The first-order valence-corrected chi connectivity index (χ1v) is 10.2. The Balaban J connectivity index is 2.12. The third-order valence-electron chi connectivity index (χ3n) is 4.65. The topological polar surface area (TPSA) is 120 Å². The lowest BCUT2D eigenvalue weighted by molar-refractivity contribution is -0.308. The molecule has 0 saturated carbocycles. The lowest BCUT2D eigenvalue weighted by Crippen LogP contribution is -2.48. The maximum Gasteiger partial charge on any atom is 0.339 e. The minimum atomic E-state index is -1.32. The Morgan fingerprint density at radius 1 is 1.29 bits per heavy atom. The first-order chi connectivity index (χ1) is 13.3. The highest BCUT2D eigenvalue weighted by atomic mass is 32.2. The molecule has 0 aliphatic rings. The first-order valence-electron chi connectivity index (χ1n) is 9.09. The zero-order valence-electron chi connectivity index (χ0n) is 16.2. The van der Waals surface area contributed by atoms with Crippen LogP contribution in [-0.2, 0) is 16.0 Å². The molecule has 7 nitrogen and oxygen atoms in total. The Bertz CT molecular complexity index is 936. The number of amides is 1. The highest BCUT2D eigenvalue weighted by Crippen LogP contribution is 2.28. The summed E-state index contributed by atoms with van der Waals surface area (Å²) in [6, 6.07) is 2.14. The third-order valence-corrected chi connectivity index (χ3v) is 5.58. The number of phenols is 1. The van der Waals surface area contributed by atoms with Crippen LogP contribution in [0.3, 0.4) is 0 Å². The van der Waals surface area contributed by atoms with Crippen LogP contribution in [0.1, 0.15) is 36.5 Å². The van der Waals surface area contributed by atoms with Crippen molar-refractivity contribution in [2.45, 2.75) is 46.1 Å². The van der Waals surface area contributed by atoms with Gasteiger partial charge in [-0.15, -0.1) is 0 Å². The summed E-state index contributed by atoms with van der Waals surface area (Å²) in [4.78, 5) is 35.7. The second kappa shape index (κ2) is 9.64. The first kappa shape index (κ1) is 21.8. The molecule has 0 fully saturated rings. The number of benzene rings is 1. The van der Waals surface area contributed by atoms with Gasteiger partial charge in [0.05, 0.1) is 12.0 Å². The zero-order chi connectivity index (χ0) is 20.8.